The first-order chi connectivity index (χ1) is 12.3. The summed E-state index contributed by atoms with van der Waals surface area (Å²) in [4.78, 5) is 15.0. The van der Waals surface area contributed by atoms with Gasteiger partial charge in [-0.15, -0.1) is 0 Å². The number of para-hydroxylation sites is 1. The minimum absolute atomic E-state index is 0.0797. The van der Waals surface area contributed by atoms with Crippen LogP contribution in [0.5, 0.6) is 0 Å². The van der Waals surface area contributed by atoms with Crippen molar-refractivity contribution in [2.75, 3.05) is 11.4 Å². The van der Waals surface area contributed by atoms with Gasteiger partial charge in [0.05, 0.1) is 5.70 Å². The second-order valence-corrected chi connectivity index (χ2v) is 7.14. The number of benzene rings is 2. The van der Waals surface area contributed by atoms with E-state index in [1.54, 1.807) is 5.48 Å². The highest BCUT2D eigenvalue weighted by atomic mass is 32.2. The Morgan fingerprint density at radius 1 is 1.16 bits per heavy atom. The van der Waals surface area contributed by atoms with Crippen molar-refractivity contribution in [3.63, 3.8) is 0 Å². The molecule has 0 bridgehead atoms. The maximum atomic E-state index is 12.2. The Labute approximate surface area is 150 Å². The van der Waals surface area contributed by atoms with Gasteiger partial charge in [-0.3, -0.25) is 10.0 Å². The molecule has 0 fully saturated rings. The van der Waals surface area contributed by atoms with Crippen LogP contribution >= 0.6 is 11.8 Å². The lowest BCUT2D eigenvalue weighted by Gasteiger charge is -2.36. The predicted octanol–water partition coefficient (Wildman–Crippen LogP) is 2.93. The number of amides is 1. The lowest BCUT2D eigenvalue weighted by atomic mass is 10.0. The van der Waals surface area contributed by atoms with Gasteiger partial charge in [0.15, 0.2) is 5.50 Å². The number of nitrogens with zero attached hydrogens (tertiary/aromatic N) is 1. The van der Waals surface area contributed by atoms with E-state index in [4.69, 9.17) is 5.21 Å². The number of carbonyl (C=O) groups excluding carboxylic acids is 1. The molecule has 0 saturated heterocycles. The SMILES string of the molecule is O=C(NO)C1=C(c2ccccc2)NC(N2CCCc3ccccc32)S1. The molecule has 25 heavy (non-hydrogen) atoms. The zero-order chi connectivity index (χ0) is 17.2. The third-order valence-corrected chi connectivity index (χ3v) is 5.74. The molecule has 0 radical (unpaired) electrons. The largest absolute Gasteiger partial charge is 0.355 e. The first-order valence-corrected chi connectivity index (χ1v) is 9.18. The molecule has 2 aromatic rings. The molecule has 5 nitrogen and oxygen atoms in total. The van der Waals surface area contributed by atoms with Gasteiger partial charge in [-0.1, -0.05) is 60.3 Å². The van der Waals surface area contributed by atoms with Crippen LogP contribution in [0, 0.1) is 0 Å². The third-order valence-electron chi connectivity index (χ3n) is 4.52. The van der Waals surface area contributed by atoms with Crippen molar-refractivity contribution in [1.82, 2.24) is 10.8 Å². The van der Waals surface area contributed by atoms with Gasteiger partial charge >= 0.3 is 0 Å². The molecule has 2 heterocycles. The fraction of sp³-hybridized carbons (Fsp3) is 0.211. The Kier molecular flexibility index (Phi) is 4.38. The van der Waals surface area contributed by atoms with Gasteiger partial charge in [0.2, 0.25) is 0 Å². The summed E-state index contributed by atoms with van der Waals surface area (Å²) in [5.74, 6) is -0.482. The molecular formula is C19H19N3O2S. The summed E-state index contributed by atoms with van der Waals surface area (Å²) in [5, 5.41) is 12.6. The summed E-state index contributed by atoms with van der Waals surface area (Å²) in [7, 11) is 0. The van der Waals surface area contributed by atoms with E-state index in [0.29, 0.717) is 4.91 Å². The van der Waals surface area contributed by atoms with E-state index >= 15 is 0 Å². The van der Waals surface area contributed by atoms with Crippen molar-refractivity contribution in [2.24, 2.45) is 0 Å². The van der Waals surface area contributed by atoms with Crippen molar-refractivity contribution < 1.29 is 10.0 Å². The number of thioether (sulfide) groups is 1. The van der Waals surface area contributed by atoms with Gasteiger partial charge in [0.25, 0.3) is 5.91 Å². The Morgan fingerprint density at radius 2 is 1.92 bits per heavy atom. The van der Waals surface area contributed by atoms with Gasteiger partial charge in [0.1, 0.15) is 4.91 Å². The standard InChI is InChI=1S/C19H19N3O2S/c23-18(21-24)17-16(14-8-2-1-3-9-14)20-19(25-17)22-12-6-10-13-7-4-5-11-15(13)22/h1-5,7-9,11,19-20,24H,6,10,12H2,(H,21,23). The molecule has 128 valence electrons. The number of aryl methyl sites for hydroxylation is 1. The number of nitrogens with one attached hydrogen (secondary N) is 2. The van der Waals surface area contributed by atoms with Gasteiger partial charge in [-0.25, -0.2) is 5.48 Å². The average Bonchev–Trinajstić information content (AvgIpc) is 3.13. The van der Waals surface area contributed by atoms with E-state index in [1.165, 1.54) is 23.0 Å². The summed E-state index contributed by atoms with van der Waals surface area (Å²) in [6, 6.07) is 18.1. The molecule has 0 aromatic heterocycles. The molecule has 3 N–H and O–H groups in total. The van der Waals surface area contributed by atoms with E-state index in [1.807, 2.05) is 36.4 Å². The zero-order valence-corrected chi connectivity index (χ0v) is 14.4. The van der Waals surface area contributed by atoms with Crippen LogP contribution in [0.1, 0.15) is 17.5 Å². The number of hydrogen-bond donors (Lipinski definition) is 3. The maximum absolute atomic E-state index is 12.2. The highest BCUT2D eigenvalue weighted by Crippen LogP contribution is 2.40. The number of fused-ring (bicyclic) bond motifs is 1. The average molecular weight is 353 g/mol. The number of rotatable bonds is 3. The van der Waals surface area contributed by atoms with E-state index in [0.717, 1.165) is 30.6 Å². The third kappa shape index (κ3) is 2.99. The summed E-state index contributed by atoms with van der Waals surface area (Å²) in [5.41, 5.74) is 5.92. The number of carbonyl (C=O) groups is 1. The molecule has 6 heteroatoms. The van der Waals surface area contributed by atoms with Crippen LogP contribution in [-0.2, 0) is 11.2 Å². The van der Waals surface area contributed by atoms with Gasteiger partial charge < -0.3 is 10.2 Å². The van der Waals surface area contributed by atoms with Crippen molar-refractivity contribution in [3.8, 4) is 0 Å². The van der Waals surface area contributed by atoms with E-state index in [-0.39, 0.29) is 5.50 Å². The maximum Gasteiger partial charge on any atom is 0.283 e. The topological polar surface area (TPSA) is 64.6 Å². The quantitative estimate of drug-likeness (QED) is 0.585. The highest BCUT2D eigenvalue weighted by Gasteiger charge is 2.34. The van der Waals surface area contributed by atoms with Crippen LogP contribution in [-0.4, -0.2) is 23.2 Å². The van der Waals surface area contributed by atoms with Crippen LogP contribution in [0.3, 0.4) is 0 Å². The van der Waals surface area contributed by atoms with E-state index < -0.39 is 5.91 Å². The van der Waals surface area contributed by atoms with Crippen molar-refractivity contribution in [1.29, 1.82) is 0 Å². The lowest BCUT2D eigenvalue weighted by Crippen LogP contribution is -2.43. The minimum Gasteiger partial charge on any atom is -0.355 e. The van der Waals surface area contributed by atoms with Crippen molar-refractivity contribution in [2.45, 2.75) is 18.3 Å². The van der Waals surface area contributed by atoms with E-state index in [9.17, 15) is 4.79 Å². The second-order valence-electron chi connectivity index (χ2n) is 6.05. The first-order valence-electron chi connectivity index (χ1n) is 8.30. The highest BCUT2D eigenvalue weighted by molar-refractivity contribution is 8.05. The zero-order valence-electron chi connectivity index (χ0n) is 13.6. The summed E-state index contributed by atoms with van der Waals surface area (Å²) >= 11 is 1.44. The Bertz CT molecular complexity index is 822. The van der Waals surface area contributed by atoms with E-state index in [2.05, 4.69) is 28.4 Å². The second kappa shape index (κ2) is 6.82. The Morgan fingerprint density at radius 3 is 2.72 bits per heavy atom. The van der Waals surface area contributed by atoms with Crippen LogP contribution in [0.25, 0.3) is 5.70 Å². The Hall–Kier alpha value is -2.44. The molecule has 2 aromatic carbocycles. The molecule has 0 spiro atoms. The predicted molar refractivity (Wildman–Crippen MR) is 99.9 cm³/mol. The van der Waals surface area contributed by atoms with Crippen LogP contribution < -0.4 is 15.7 Å². The van der Waals surface area contributed by atoms with Gasteiger partial charge in [0, 0.05) is 12.2 Å². The van der Waals surface area contributed by atoms with Crippen LogP contribution in [0.4, 0.5) is 5.69 Å². The molecule has 1 atom stereocenters. The van der Waals surface area contributed by atoms with Crippen molar-refractivity contribution in [3.05, 3.63) is 70.6 Å². The molecule has 2 aliphatic rings. The summed E-state index contributed by atoms with van der Waals surface area (Å²) < 4.78 is 0. The van der Waals surface area contributed by atoms with Crippen molar-refractivity contribution >= 4 is 29.1 Å². The Balaban J connectivity index is 1.67. The normalized spacial score (nSPS) is 19.4. The molecule has 1 amide bonds. The number of anilines is 1. The number of hydrogen-bond acceptors (Lipinski definition) is 5. The molecule has 4 rings (SSSR count). The smallest absolute Gasteiger partial charge is 0.283 e. The molecule has 0 aliphatic carbocycles. The monoisotopic (exact) mass is 353 g/mol. The van der Waals surface area contributed by atoms with Gasteiger partial charge in [-0.2, -0.15) is 0 Å². The summed E-state index contributed by atoms with van der Waals surface area (Å²) in [6.45, 7) is 0.928. The molecule has 0 saturated carbocycles. The number of hydroxylamine groups is 1. The lowest BCUT2D eigenvalue weighted by molar-refractivity contribution is -0.124. The fourth-order valence-corrected chi connectivity index (χ4v) is 4.57. The molecule has 1 unspecified atom stereocenters. The van der Waals surface area contributed by atoms with Crippen LogP contribution in [0.15, 0.2) is 59.5 Å². The van der Waals surface area contributed by atoms with Crippen LogP contribution in [0.2, 0.25) is 0 Å². The fourth-order valence-electron chi connectivity index (χ4n) is 3.37. The minimum atomic E-state index is -0.482. The molecule has 2 aliphatic heterocycles. The summed E-state index contributed by atoms with van der Waals surface area (Å²) in [6.07, 6.45) is 2.16. The first kappa shape index (κ1) is 16.1. The molecular weight excluding hydrogens is 334 g/mol. The van der Waals surface area contributed by atoms with Gasteiger partial charge in [-0.05, 0) is 30.0 Å².